The average Bonchev–Trinajstić information content (AvgIpc) is 2.90. The lowest BCUT2D eigenvalue weighted by Crippen LogP contribution is -2.03. The molecule has 0 aliphatic heterocycles. The zero-order chi connectivity index (χ0) is 26.9. The Labute approximate surface area is 234 Å². The molecule has 0 amide bonds. The second-order valence-electron chi connectivity index (χ2n) is 11.8. The highest BCUT2D eigenvalue weighted by Crippen LogP contribution is 2.16. The Balaban J connectivity index is 3.04. The van der Waals surface area contributed by atoms with Crippen molar-refractivity contribution in [3.63, 3.8) is 0 Å². The number of carbonyl (C=O) groups excluding carboxylic acids is 1. The van der Waals surface area contributed by atoms with Gasteiger partial charge < -0.3 is 4.74 Å². The van der Waals surface area contributed by atoms with E-state index in [2.05, 4.69) is 6.92 Å². The molecule has 0 N–H and O–H groups in total. The summed E-state index contributed by atoms with van der Waals surface area (Å²) in [6, 6.07) is 0. The molecule has 0 bridgehead atoms. The van der Waals surface area contributed by atoms with Crippen LogP contribution in [0.1, 0.15) is 213 Å². The SMILES string of the molecule is CCCCCCCCCCCCCCCCCCCCCCCCCCCCCCCCC(=O)OCC. The van der Waals surface area contributed by atoms with Crippen LogP contribution in [0.25, 0.3) is 0 Å². The number of ether oxygens (including phenoxy) is 1. The van der Waals surface area contributed by atoms with Crippen LogP contribution in [0.15, 0.2) is 0 Å². The maximum atomic E-state index is 11.3. The van der Waals surface area contributed by atoms with Crippen molar-refractivity contribution in [3.05, 3.63) is 0 Å². The van der Waals surface area contributed by atoms with Gasteiger partial charge in [0.2, 0.25) is 0 Å². The number of rotatable bonds is 32. The summed E-state index contributed by atoms with van der Waals surface area (Å²) in [5.41, 5.74) is 0. The maximum Gasteiger partial charge on any atom is 0.305 e. The third-order valence-corrected chi connectivity index (χ3v) is 8.04. The Morgan fingerprint density at radius 2 is 0.568 bits per heavy atom. The Kier molecular flexibility index (Phi) is 33.0. The van der Waals surface area contributed by atoms with Gasteiger partial charge in [-0.1, -0.05) is 193 Å². The van der Waals surface area contributed by atoms with Gasteiger partial charge in [0.1, 0.15) is 0 Å². The fourth-order valence-corrected chi connectivity index (χ4v) is 5.53. The molecular weight excluding hydrogens is 452 g/mol. The van der Waals surface area contributed by atoms with Crippen LogP contribution in [-0.4, -0.2) is 12.6 Å². The van der Waals surface area contributed by atoms with Crippen LogP contribution in [-0.2, 0) is 9.53 Å². The second-order valence-corrected chi connectivity index (χ2v) is 11.8. The van der Waals surface area contributed by atoms with Crippen LogP contribution in [0.5, 0.6) is 0 Å². The fourth-order valence-electron chi connectivity index (χ4n) is 5.53. The van der Waals surface area contributed by atoms with Crippen LogP contribution in [0.4, 0.5) is 0 Å². The summed E-state index contributed by atoms with van der Waals surface area (Å²) in [6.45, 7) is 4.69. The Morgan fingerprint density at radius 3 is 0.784 bits per heavy atom. The molecule has 0 unspecified atom stereocenters. The van der Waals surface area contributed by atoms with Crippen LogP contribution < -0.4 is 0 Å². The van der Waals surface area contributed by atoms with Gasteiger partial charge in [0, 0.05) is 6.42 Å². The molecule has 0 aromatic heterocycles. The molecule has 0 atom stereocenters. The molecule has 0 spiro atoms. The summed E-state index contributed by atoms with van der Waals surface area (Å²) in [5, 5.41) is 0. The van der Waals surface area contributed by atoms with Gasteiger partial charge in [-0.15, -0.1) is 0 Å². The lowest BCUT2D eigenvalue weighted by Gasteiger charge is -2.05. The molecule has 0 aromatic rings. The zero-order valence-corrected chi connectivity index (χ0v) is 25.9. The van der Waals surface area contributed by atoms with Crippen molar-refractivity contribution in [2.24, 2.45) is 0 Å². The van der Waals surface area contributed by atoms with Gasteiger partial charge in [-0.05, 0) is 13.3 Å². The van der Waals surface area contributed by atoms with E-state index >= 15 is 0 Å². The van der Waals surface area contributed by atoms with E-state index in [1.54, 1.807) is 0 Å². The summed E-state index contributed by atoms with van der Waals surface area (Å²) >= 11 is 0. The van der Waals surface area contributed by atoms with E-state index in [1.807, 2.05) is 6.92 Å². The molecule has 2 heteroatoms. The van der Waals surface area contributed by atoms with E-state index in [9.17, 15) is 4.79 Å². The van der Waals surface area contributed by atoms with E-state index in [4.69, 9.17) is 4.74 Å². The second kappa shape index (κ2) is 33.5. The molecule has 0 saturated heterocycles. The van der Waals surface area contributed by atoms with Crippen molar-refractivity contribution in [2.45, 2.75) is 213 Å². The monoisotopic (exact) mass is 523 g/mol. The number of esters is 1. The van der Waals surface area contributed by atoms with E-state index in [0.29, 0.717) is 13.0 Å². The first-order valence-electron chi connectivity index (χ1n) is 17.5. The van der Waals surface area contributed by atoms with Gasteiger partial charge in [0.15, 0.2) is 0 Å². The highest BCUT2D eigenvalue weighted by atomic mass is 16.5. The third kappa shape index (κ3) is 33.4. The van der Waals surface area contributed by atoms with Crippen LogP contribution in [0.2, 0.25) is 0 Å². The van der Waals surface area contributed by atoms with Crippen molar-refractivity contribution >= 4 is 5.97 Å². The van der Waals surface area contributed by atoms with Crippen molar-refractivity contribution in [3.8, 4) is 0 Å². The van der Waals surface area contributed by atoms with Crippen molar-refractivity contribution < 1.29 is 9.53 Å². The van der Waals surface area contributed by atoms with Gasteiger partial charge >= 0.3 is 5.97 Å². The first kappa shape index (κ1) is 36.5. The molecule has 0 saturated carbocycles. The lowest BCUT2D eigenvalue weighted by molar-refractivity contribution is -0.143. The number of carbonyl (C=O) groups is 1. The molecule has 0 rings (SSSR count). The summed E-state index contributed by atoms with van der Waals surface area (Å²) in [4.78, 5) is 11.3. The first-order valence-corrected chi connectivity index (χ1v) is 17.5. The van der Waals surface area contributed by atoms with E-state index in [-0.39, 0.29) is 5.97 Å². The topological polar surface area (TPSA) is 26.3 Å². The predicted octanol–water partition coefficient (Wildman–Crippen LogP) is 12.7. The smallest absolute Gasteiger partial charge is 0.305 e. The van der Waals surface area contributed by atoms with Gasteiger partial charge in [-0.3, -0.25) is 4.79 Å². The van der Waals surface area contributed by atoms with Crippen molar-refractivity contribution in [2.75, 3.05) is 6.61 Å². The van der Waals surface area contributed by atoms with Crippen LogP contribution in [0, 0.1) is 0 Å². The highest BCUT2D eigenvalue weighted by molar-refractivity contribution is 5.69. The summed E-state index contributed by atoms with van der Waals surface area (Å²) < 4.78 is 4.97. The highest BCUT2D eigenvalue weighted by Gasteiger charge is 2.01. The normalized spacial score (nSPS) is 11.3. The molecule has 0 fully saturated rings. The molecular formula is C35H70O2. The van der Waals surface area contributed by atoms with Gasteiger partial charge in [0.25, 0.3) is 0 Å². The van der Waals surface area contributed by atoms with Crippen LogP contribution in [0.3, 0.4) is 0 Å². The molecule has 0 aromatic carbocycles. The fraction of sp³-hybridized carbons (Fsp3) is 0.971. The first-order chi connectivity index (χ1) is 18.3. The van der Waals surface area contributed by atoms with E-state index < -0.39 is 0 Å². The van der Waals surface area contributed by atoms with Crippen molar-refractivity contribution in [1.82, 2.24) is 0 Å². The summed E-state index contributed by atoms with van der Waals surface area (Å²) in [7, 11) is 0. The molecule has 222 valence electrons. The zero-order valence-electron chi connectivity index (χ0n) is 25.9. The molecule has 0 radical (unpaired) electrons. The quantitative estimate of drug-likeness (QED) is 0.0648. The summed E-state index contributed by atoms with van der Waals surface area (Å²) in [5.74, 6) is -0.0253. The molecule has 0 aliphatic carbocycles. The Bertz CT molecular complexity index is 419. The minimum Gasteiger partial charge on any atom is -0.466 e. The molecule has 2 nitrogen and oxygen atoms in total. The third-order valence-electron chi connectivity index (χ3n) is 8.04. The standard InChI is InChI=1S/C35H70O2/c1-3-5-6-7-8-9-10-11-12-13-14-15-16-17-18-19-20-21-22-23-24-25-26-27-28-29-30-31-32-33-34-35(36)37-4-2/h3-34H2,1-2H3. The molecule has 0 aliphatic rings. The largest absolute Gasteiger partial charge is 0.466 e. The number of hydrogen-bond donors (Lipinski definition) is 0. The van der Waals surface area contributed by atoms with E-state index in [0.717, 1.165) is 6.42 Å². The van der Waals surface area contributed by atoms with Crippen molar-refractivity contribution in [1.29, 1.82) is 0 Å². The van der Waals surface area contributed by atoms with Gasteiger partial charge in [0.05, 0.1) is 6.61 Å². The molecule has 37 heavy (non-hydrogen) atoms. The minimum atomic E-state index is -0.0253. The van der Waals surface area contributed by atoms with E-state index in [1.165, 1.54) is 186 Å². The van der Waals surface area contributed by atoms with Gasteiger partial charge in [-0.25, -0.2) is 0 Å². The minimum absolute atomic E-state index is 0.0253. The number of unbranched alkanes of at least 4 members (excludes halogenated alkanes) is 29. The number of hydrogen-bond acceptors (Lipinski definition) is 2. The lowest BCUT2D eigenvalue weighted by atomic mass is 10.0. The average molecular weight is 523 g/mol. The summed E-state index contributed by atoms with van der Waals surface area (Å²) in [6.07, 6.45) is 43.3. The Hall–Kier alpha value is -0.530. The maximum absolute atomic E-state index is 11.3. The predicted molar refractivity (Wildman–Crippen MR) is 165 cm³/mol. The Morgan fingerprint density at radius 1 is 0.351 bits per heavy atom. The van der Waals surface area contributed by atoms with Crippen LogP contribution >= 0.6 is 0 Å². The molecule has 0 heterocycles. The van der Waals surface area contributed by atoms with Gasteiger partial charge in [-0.2, -0.15) is 0 Å².